The number of benzene rings is 1. The molecule has 1 aromatic carbocycles. The molecule has 5 nitrogen and oxygen atoms in total. The highest BCUT2D eigenvalue weighted by atomic mass is 14.9. The average Bonchev–Trinajstić information content (AvgIpc) is 3.17. The molecule has 0 spiro atoms. The van der Waals surface area contributed by atoms with Crippen LogP contribution in [0.15, 0.2) is 53.8 Å². The first kappa shape index (κ1) is 20.9. The molecule has 0 aliphatic rings. The number of hydrogen-bond donors (Lipinski definition) is 1. The maximum absolute atomic E-state index is 4.87. The first-order valence-corrected chi connectivity index (χ1v) is 10.8. The van der Waals surface area contributed by atoms with Crippen LogP contribution >= 0.6 is 0 Å². The van der Waals surface area contributed by atoms with E-state index in [1.54, 1.807) is 0 Å². The monoisotopic (exact) mass is 411 g/mol. The van der Waals surface area contributed by atoms with Crippen LogP contribution in [0.25, 0.3) is 22.4 Å². The normalized spacial score (nSPS) is 12.3. The maximum Gasteiger partial charge on any atom is 0.109 e. The predicted molar refractivity (Wildman–Crippen MR) is 128 cm³/mol. The van der Waals surface area contributed by atoms with E-state index in [1.807, 2.05) is 31.5 Å². The van der Waals surface area contributed by atoms with Gasteiger partial charge in [-0.2, -0.15) is 0 Å². The second kappa shape index (κ2) is 8.42. The van der Waals surface area contributed by atoms with Crippen molar-refractivity contribution < 1.29 is 0 Å². The molecule has 0 unspecified atom stereocenters. The van der Waals surface area contributed by atoms with Crippen LogP contribution in [-0.2, 0) is 0 Å². The lowest BCUT2D eigenvalue weighted by molar-refractivity contribution is 0.799. The third kappa shape index (κ3) is 4.41. The molecule has 0 amide bonds. The van der Waals surface area contributed by atoms with Gasteiger partial charge in [0.15, 0.2) is 0 Å². The van der Waals surface area contributed by atoms with Crippen LogP contribution in [0.1, 0.15) is 69.0 Å². The Morgan fingerprint density at radius 2 is 1.61 bits per heavy atom. The number of rotatable bonds is 5. The Kier molecular flexibility index (Phi) is 5.68. The van der Waals surface area contributed by atoms with E-state index in [9.17, 15) is 0 Å². The van der Waals surface area contributed by atoms with Crippen LogP contribution in [0, 0.1) is 6.92 Å². The molecule has 3 aromatic heterocycles. The van der Waals surface area contributed by atoms with Gasteiger partial charge in [0.1, 0.15) is 5.82 Å². The highest BCUT2D eigenvalue weighted by molar-refractivity contribution is 6.00. The molecular weight excluding hydrogens is 382 g/mol. The standard InChI is InChI=1S/C26H29N5/c1-15(2)19-7-9-21(27-13-19)22-10-8-20(14-28-22)18(6)29-23-12-25-24(11-17(23)5)30-26(31-25)16(3)4/h7-16H,1-6H3,(H,30,31). The third-order valence-electron chi connectivity index (χ3n) is 5.55. The summed E-state index contributed by atoms with van der Waals surface area (Å²) in [5, 5.41) is 0. The van der Waals surface area contributed by atoms with Crippen LogP contribution in [0.2, 0.25) is 0 Å². The number of aryl methyl sites for hydroxylation is 1. The number of aromatic nitrogens is 4. The summed E-state index contributed by atoms with van der Waals surface area (Å²) in [7, 11) is 0. The van der Waals surface area contributed by atoms with Crippen LogP contribution in [0.3, 0.4) is 0 Å². The van der Waals surface area contributed by atoms with Crippen LogP contribution in [-0.4, -0.2) is 25.6 Å². The van der Waals surface area contributed by atoms with Crippen molar-refractivity contribution >= 4 is 22.4 Å². The summed E-state index contributed by atoms with van der Waals surface area (Å²) in [6.45, 7) is 12.7. The zero-order valence-electron chi connectivity index (χ0n) is 19.1. The van der Waals surface area contributed by atoms with Crippen LogP contribution in [0.4, 0.5) is 5.69 Å². The number of hydrogen-bond acceptors (Lipinski definition) is 4. The minimum absolute atomic E-state index is 0.363. The second-order valence-electron chi connectivity index (χ2n) is 8.69. The van der Waals surface area contributed by atoms with Crippen molar-refractivity contribution in [2.45, 2.75) is 53.4 Å². The van der Waals surface area contributed by atoms with Crippen molar-refractivity contribution in [1.29, 1.82) is 0 Å². The maximum atomic E-state index is 4.87. The highest BCUT2D eigenvalue weighted by Gasteiger charge is 2.10. The molecule has 3 heterocycles. The molecule has 4 aromatic rings. The smallest absolute Gasteiger partial charge is 0.109 e. The van der Waals surface area contributed by atoms with E-state index >= 15 is 0 Å². The van der Waals surface area contributed by atoms with Crippen molar-refractivity contribution in [3.8, 4) is 11.4 Å². The van der Waals surface area contributed by atoms with E-state index in [2.05, 4.69) is 73.8 Å². The van der Waals surface area contributed by atoms with Crippen LogP contribution < -0.4 is 0 Å². The minimum atomic E-state index is 0.363. The van der Waals surface area contributed by atoms with Gasteiger partial charge < -0.3 is 4.98 Å². The Hall–Kier alpha value is -3.34. The largest absolute Gasteiger partial charge is 0.342 e. The summed E-state index contributed by atoms with van der Waals surface area (Å²) >= 11 is 0. The van der Waals surface area contributed by atoms with E-state index in [4.69, 9.17) is 9.98 Å². The van der Waals surface area contributed by atoms with Gasteiger partial charge >= 0.3 is 0 Å². The molecule has 158 valence electrons. The van der Waals surface area contributed by atoms with E-state index < -0.39 is 0 Å². The van der Waals surface area contributed by atoms with Crippen molar-refractivity contribution in [2.75, 3.05) is 0 Å². The lowest BCUT2D eigenvalue weighted by Crippen LogP contribution is -1.97. The van der Waals surface area contributed by atoms with E-state index in [0.29, 0.717) is 11.8 Å². The Bertz CT molecular complexity index is 1230. The topological polar surface area (TPSA) is 66.8 Å². The molecule has 0 bridgehead atoms. The lowest BCUT2D eigenvalue weighted by Gasteiger charge is -2.07. The number of fused-ring (bicyclic) bond motifs is 1. The number of aromatic amines is 1. The van der Waals surface area contributed by atoms with Gasteiger partial charge in [0, 0.05) is 29.6 Å². The summed E-state index contributed by atoms with van der Waals surface area (Å²) in [5.41, 5.74) is 8.94. The van der Waals surface area contributed by atoms with Gasteiger partial charge in [-0.1, -0.05) is 33.8 Å². The molecule has 0 saturated heterocycles. The van der Waals surface area contributed by atoms with Crippen molar-refractivity contribution in [2.24, 2.45) is 4.99 Å². The summed E-state index contributed by atoms with van der Waals surface area (Å²) in [5.74, 6) is 1.83. The Balaban J connectivity index is 1.60. The average molecular weight is 412 g/mol. The molecule has 0 saturated carbocycles. The van der Waals surface area contributed by atoms with E-state index in [-0.39, 0.29) is 0 Å². The van der Waals surface area contributed by atoms with Gasteiger partial charge in [0.2, 0.25) is 0 Å². The van der Waals surface area contributed by atoms with Gasteiger partial charge in [-0.3, -0.25) is 15.0 Å². The summed E-state index contributed by atoms with van der Waals surface area (Å²) in [4.78, 5) is 22.2. The van der Waals surface area contributed by atoms with Gasteiger partial charge in [-0.25, -0.2) is 4.98 Å². The number of H-pyrrole nitrogens is 1. The fourth-order valence-electron chi connectivity index (χ4n) is 3.47. The molecule has 0 radical (unpaired) electrons. The zero-order chi connectivity index (χ0) is 22.1. The molecule has 0 atom stereocenters. The van der Waals surface area contributed by atoms with E-state index in [1.165, 1.54) is 5.56 Å². The van der Waals surface area contributed by atoms with Gasteiger partial charge in [-0.15, -0.1) is 0 Å². The zero-order valence-corrected chi connectivity index (χ0v) is 19.1. The first-order valence-electron chi connectivity index (χ1n) is 10.8. The molecule has 4 rings (SSSR count). The molecular formula is C26H29N5. The summed E-state index contributed by atoms with van der Waals surface area (Å²) in [6.07, 6.45) is 3.80. The first-order chi connectivity index (χ1) is 14.8. The number of imidazole rings is 1. The van der Waals surface area contributed by atoms with Crippen LogP contribution in [0.5, 0.6) is 0 Å². The number of aliphatic imine (C=N–C) groups is 1. The van der Waals surface area contributed by atoms with Crippen molar-refractivity contribution in [3.05, 3.63) is 71.3 Å². The third-order valence-corrected chi connectivity index (χ3v) is 5.55. The number of nitrogens with one attached hydrogen (secondary N) is 1. The fraction of sp³-hybridized carbons (Fsp3) is 0.308. The molecule has 1 N–H and O–H groups in total. The summed E-state index contributed by atoms with van der Waals surface area (Å²) in [6, 6.07) is 12.4. The molecule has 31 heavy (non-hydrogen) atoms. The SMILES string of the molecule is CC(=Nc1cc2nc(C(C)C)[nH]c2cc1C)c1ccc(-c2ccc(C(C)C)cn2)nc1. The Morgan fingerprint density at radius 3 is 2.19 bits per heavy atom. The number of pyridine rings is 2. The van der Waals surface area contributed by atoms with E-state index in [0.717, 1.165) is 50.8 Å². The van der Waals surface area contributed by atoms with Crippen molar-refractivity contribution in [3.63, 3.8) is 0 Å². The quantitative estimate of drug-likeness (QED) is 0.371. The van der Waals surface area contributed by atoms with Gasteiger partial charge in [-0.05, 0) is 61.2 Å². The predicted octanol–water partition coefficient (Wildman–Crippen LogP) is 6.72. The molecule has 0 aliphatic heterocycles. The molecule has 0 aliphatic carbocycles. The van der Waals surface area contributed by atoms with Gasteiger partial charge in [0.05, 0.1) is 28.1 Å². The molecule has 5 heteroatoms. The lowest BCUT2D eigenvalue weighted by atomic mass is 10.1. The number of nitrogens with zero attached hydrogens (tertiary/aromatic N) is 4. The minimum Gasteiger partial charge on any atom is -0.342 e. The fourth-order valence-corrected chi connectivity index (χ4v) is 3.47. The second-order valence-corrected chi connectivity index (χ2v) is 8.69. The van der Waals surface area contributed by atoms with Crippen molar-refractivity contribution in [1.82, 2.24) is 19.9 Å². The van der Waals surface area contributed by atoms with Gasteiger partial charge in [0.25, 0.3) is 0 Å². The Labute approximate surface area is 183 Å². The summed E-state index contributed by atoms with van der Waals surface area (Å²) < 4.78 is 0. The highest BCUT2D eigenvalue weighted by Crippen LogP contribution is 2.27. The Morgan fingerprint density at radius 1 is 0.903 bits per heavy atom. The molecule has 0 fully saturated rings.